The average Bonchev–Trinajstić information content (AvgIpc) is 2.40. The molecule has 0 heterocycles. The fraction of sp³-hybridized carbons (Fsp3) is 0.500. The first-order chi connectivity index (χ1) is 8.76. The van der Waals surface area contributed by atoms with Crippen molar-refractivity contribution < 1.29 is 14.3 Å². The maximum Gasteiger partial charge on any atom is 0.319 e. The Morgan fingerprint density at radius 2 is 2.00 bits per heavy atom. The first kappa shape index (κ1) is 14.5. The lowest BCUT2D eigenvalue weighted by molar-refractivity contribution is -0.142. The average molecular weight is 251 g/mol. The fourth-order valence-electron chi connectivity index (χ4n) is 1.43. The molecule has 0 spiro atoms. The van der Waals surface area contributed by atoms with E-state index in [-0.39, 0.29) is 12.5 Å². The van der Waals surface area contributed by atoms with Crippen LogP contribution < -0.4 is 10.1 Å². The summed E-state index contributed by atoms with van der Waals surface area (Å²) in [5.74, 6) is 0.634. The Bertz CT molecular complexity index is 349. The zero-order chi connectivity index (χ0) is 13.2. The Labute approximate surface area is 108 Å². The van der Waals surface area contributed by atoms with Gasteiger partial charge in [0.15, 0.2) is 0 Å². The molecule has 0 aliphatic heterocycles. The number of unbranched alkanes of at least 4 members (excludes halogenated alkanes) is 1. The van der Waals surface area contributed by atoms with Crippen LogP contribution in [0.1, 0.15) is 25.3 Å². The van der Waals surface area contributed by atoms with E-state index in [0.717, 1.165) is 24.2 Å². The van der Waals surface area contributed by atoms with E-state index < -0.39 is 0 Å². The molecule has 0 unspecified atom stereocenters. The molecule has 0 saturated heterocycles. The minimum atomic E-state index is -0.197. The van der Waals surface area contributed by atoms with Crippen molar-refractivity contribution in [2.45, 2.75) is 26.3 Å². The molecular weight excluding hydrogens is 230 g/mol. The zero-order valence-electron chi connectivity index (χ0n) is 11.1. The van der Waals surface area contributed by atoms with Crippen LogP contribution in [0.15, 0.2) is 24.3 Å². The summed E-state index contributed by atoms with van der Waals surface area (Å²) < 4.78 is 10.1. The number of carbonyl (C=O) groups excluding carboxylic acids is 1. The fourth-order valence-corrected chi connectivity index (χ4v) is 1.43. The number of carbonyl (C=O) groups is 1. The minimum Gasteiger partial charge on any atom is -0.497 e. The lowest BCUT2D eigenvalue weighted by Gasteiger charge is -2.06. The van der Waals surface area contributed by atoms with Gasteiger partial charge in [0.25, 0.3) is 0 Å². The molecular formula is C14H21NO3. The van der Waals surface area contributed by atoms with Crippen molar-refractivity contribution in [1.82, 2.24) is 5.32 Å². The number of hydrogen-bond donors (Lipinski definition) is 1. The van der Waals surface area contributed by atoms with Crippen LogP contribution in [0.2, 0.25) is 0 Å². The molecule has 4 nitrogen and oxygen atoms in total. The van der Waals surface area contributed by atoms with E-state index in [2.05, 4.69) is 12.2 Å². The van der Waals surface area contributed by atoms with Gasteiger partial charge in [0, 0.05) is 6.54 Å². The monoisotopic (exact) mass is 251 g/mol. The molecule has 1 rings (SSSR count). The first-order valence-corrected chi connectivity index (χ1v) is 6.25. The van der Waals surface area contributed by atoms with E-state index in [4.69, 9.17) is 9.47 Å². The Morgan fingerprint density at radius 1 is 1.28 bits per heavy atom. The van der Waals surface area contributed by atoms with Gasteiger partial charge in [0.1, 0.15) is 5.75 Å². The van der Waals surface area contributed by atoms with E-state index >= 15 is 0 Å². The summed E-state index contributed by atoms with van der Waals surface area (Å²) in [7, 11) is 1.64. The van der Waals surface area contributed by atoms with Crippen LogP contribution in [0.25, 0.3) is 0 Å². The van der Waals surface area contributed by atoms with Crippen molar-refractivity contribution in [3.8, 4) is 5.75 Å². The van der Waals surface area contributed by atoms with Crippen LogP contribution in [0.3, 0.4) is 0 Å². The number of benzene rings is 1. The molecule has 0 fully saturated rings. The molecule has 0 aliphatic carbocycles. The third-order valence-electron chi connectivity index (χ3n) is 2.52. The van der Waals surface area contributed by atoms with Gasteiger partial charge in [-0.2, -0.15) is 0 Å². The predicted molar refractivity (Wildman–Crippen MR) is 70.6 cm³/mol. The molecule has 0 aromatic heterocycles. The molecule has 1 N–H and O–H groups in total. The Balaban J connectivity index is 2.18. The largest absolute Gasteiger partial charge is 0.497 e. The molecule has 1 aromatic carbocycles. The van der Waals surface area contributed by atoms with Crippen molar-refractivity contribution in [3.05, 3.63) is 29.8 Å². The Morgan fingerprint density at radius 3 is 2.61 bits per heavy atom. The quantitative estimate of drug-likeness (QED) is 0.568. The molecule has 0 bridgehead atoms. The van der Waals surface area contributed by atoms with Gasteiger partial charge in [0.05, 0.1) is 20.3 Å². The lowest BCUT2D eigenvalue weighted by atomic mass is 10.2. The molecule has 0 saturated carbocycles. The first-order valence-electron chi connectivity index (χ1n) is 6.25. The maximum absolute atomic E-state index is 11.3. The third-order valence-corrected chi connectivity index (χ3v) is 2.52. The van der Waals surface area contributed by atoms with E-state index in [9.17, 15) is 4.79 Å². The van der Waals surface area contributed by atoms with Crippen LogP contribution in [0.4, 0.5) is 0 Å². The Hall–Kier alpha value is -1.55. The third kappa shape index (κ3) is 5.68. The van der Waals surface area contributed by atoms with Gasteiger partial charge in [-0.15, -0.1) is 0 Å². The second-order valence-electron chi connectivity index (χ2n) is 4.03. The summed E-state index contributed by atoms with van der Waals surface area (Å²) in [6.07, 6.45) is 1.96. The summed E-state index contributed by atoms with van der Waals surface area (Å²) in [4.78, 5) is 11.3. The minimum absolute atomic E-state index is 0.197. The molecule has 0 atom stereocenters. The normalized spacial score (nSPS) is 10.1. The highest BCUT2D eigenvalue weighted by atomic mass is 16.5. The number of rotatable bonds is 8. The summed E-state index contributed by atoms with van der Waals surface area (Å²) in [5, 5.41) is 3.05. The maximum atomic E-state index is 11.3. The van der Waals surface area contributed by atoms with Gasteiger partial charge in [0.2, 0.25) is 0 Å². The number of ether oxygens (including phenoxy) is 2. The highest BCUT2D eigenvalue weighted by Crippen LogP contribution is 2.10. The van der Waals surface area contributed by atoms with Crippen molar-refractivity contribution in [3.63, 3.8) is 0 Å². The molecule has 0 amide bonds. The van der Waals surface area contributed by atoms with Crippen LogP contribution in [0, 0.1) is 0 Å². The van der Waals surface area contributed by atoms with Gasteiger partial charge in [-0.05, 0) is 24.1 Å². The molecule has 4 heteroatoms. The molecule has 0 aliphatic rings. The van der Waals surface area contributed by atoms with Gasteiger partial charge in [-0.3, -0.25) is 4.79 Å². The second kappa shape index (κ2) is 8.53. The summed E-state index contributed by atoms with van der Waals surface area (Å²) in [6, 6.07) is 7.73. The summed E-state index contributed by atoms with van der Waals surface area (Å²) >= 11 is 0. The standard InChI is InChI=1S/C14H21NO3/c1-3-4-9-18-14(16)11-15-10-12-5-7-13(17-2)8-6-12/h5-8,15H,3-4,9-11H2,1-2H3. The van der Waals surface area contributed by atoms with Crippen LogP contribution in [-0.2, 0) is 16.1 Å². The van der Waals surface area contributed by atoms with Gasteiger partial charge in [-0.25, -0.2) is 0 Å². The summed E-state index contributed by atoms with van der Waals surface area (Å²) in [5.41, 5.74) is 1.11. The van der Waals surface area contributed by atoms with E-state index in [1.54, 1.807) is 7.11 Å². The van der Waals surface area contributed by atoms with Crippen molar-refractivity contribution in [1.29, 1.82) is 0 Å². The molecule has 100 valence electrons. The zero-order valence-corrected chi connectivity index (χ0v) is 11.1. The van der Waals surface area contributed by atoms with E-state index in [1.165, 1.54) is 0 Å². The smallest absolute Gasteiger partial charge is 0.319 e. The molecule has 1 aromatic rings. The van der Waals surface area contributed by atoms with Gasteiger partial charge in [-0.1, -0.05) is 25.5 Å². The molecule has 18 heavy (non-hydrogen) atoms. The molecule has 0 radical (unpaired) electrons. The summed E-state index contributed by atoms with van der Waals surface area (Å²) in [6.45, 7) is 3.47. The SMILES string of the molecule is CCCCOC(=O)CNCc1ccc(OC)cc1. The van der Waals surface area contributed by atoms with Crippen molar-refractivity contribution in [2.75, 3.05) is 20.3 Å². The van der Waals surface area contributed by atoms with Crippen molar-refractivity contribution in [2.24, 2.45) is 0 Å². The number of hydrogen-bond acceptors (Lipinski definition) is 4. The van der Waals surface area contributed by atoms with Crippen LogP contribution >= 0.6 is 0 Å². The number of esters is 1. The van der Waals surface area contributed by atoms with Crippen LogP contribution in [-0.4, -0.2) is 26.2 Å². The topological polar surface area (TPSA) is 47.6 Å². The van der Waals surface area contributed by atoms with Gasteiger partial charge < -0.3 is 14.8 Å². The lowest BCUT2D eigenvalue weighted by Crippen LogP contribution is -2.24. The van der Waals surface area contributed by atoms with E-state index in [1.807, 2.05) is 24.3 Å². The van der Waals surface area contributed by atoms with Crippen molar-refractivity contribution >= 4 is 5.97 Å². The highest BCUT2D eigenvalue weighted by molar-refractivity contribution is 5.71. The Kier molecular flexibility index (Phi) is 6.87. The van der Waals surface area contributed by atoms with Gasteiger partial charge >= 0.3 is 5.97 Å². The second-order valence-corrected chi connectivity index (χ2v) is 4.03. The number of methoxy groups -OCH3 is 1. The predicted octanol–water partition coefficient (Wildman–Crippen LogP) is 2.13. The number of nitrogens with one attached hydrogen (secondary N) is 1. The van der Waals surface area contributed by atoms with Crippen LogP contribution in [0.5, 0.6) is 5.75 Å². The highest BCUT2D eigenvalue weighted by Gasteiger charge is 2.01. The van der Waals surface area contributed by atoms with E-state index in [0.29, 0.717) is 13.2 Å².